The third-order valence-corrected chi connectivity index (χ3v) is 11.1. The predicted octanol–water partition coefficient (Wildman–Crippen LogP) is 17.8. The van der Waals surface area contributed by atoms with Crippen molar-refractivity contribution in [2.75, 3.05) is 0 Å². The summed E-state index contributed by atoms with van der Waals surface area (Å²) in [6.07, 6.45) is 61.3. The highest BCUT2D eigenvalue weighted by Gasteiger charge is 2.03. The van der Waals surface area contributed by atoms with Crippen LogP contribution in [0.5, 0.6) is 0 Å². The van der Waals surface area contributed by atoms with E-state index in [9.17, 15) is 4.79 Å². The van der Waals surface area contributed by atoms with Crippen LogP contribution in [0.1, 0.15) is 296 Å². The van der Waals surface area contributed by atoms with Gasteiger partial charge in [0, 0.05) is 12.8 Å². The fraction of sp³-hybridized carbons (Fsp3) is 0.979. The smallest absolute Gasteiger partial charge is 0.132 e. The van der Waals surface area contributed by atoms with Gasteiger partial charge in [-0.05, 0) is 12.8 Å². The quantitative estimate of drug-likeness (QED) is 0.0588. The number of hydrogen-bond acceptors (Lipinski definition) is 1. The highest BCUT2D eigenvalue weighted by Crippen LogP contribution is 2.17. The van der Waals surface area contributed by atoms with Gasteiger partial charge in [-0.25, -0.2) is 0 Å². The molecule has 1 heteroatoms. The van der Waals surface area contributed by atoms with E-state index in [-0.39, 0.29) is 0 Å². The molecule has 0 atom stereocenters. The standard InChI is InChI=1S/C47H94O/c1-3-5-7-9-11-13-15-17-19-21-23-25-27-29-31-33-35-37-39-41-43-45-47(48)46-44-42-40-38-36-34-32-30-28-26-24-22-20-18-16-14-12-10-8-6-4-2/h3-46H2,1-2H3. The molecule has 0 aliphatic rings. The van der Waals surface area contributed by atoms with E-state index < -0.39 is 0 Å². The molecule has 0 spiro atoms. The molecule has 0 fully saturated rings. The molecule has 0 aromatic rings. The molecule has 0 radical (unpaired) electrons. The lowest BCUT2D eigenvalue weighted by Crippen LogP contribution is -1.97. The summed E-state index contributed by atoms with van der Waals surface area (Å²) in [4.78, 5) is 12.2. The average molecular weight is 675 g/mol. The number of ketones is 1. The van der Waals surface area contributed by atoms with Gasteiger partial charge in [0.2, 0.25) is 0 Å². The van der Waals surface area contributed by atoms with Gasteiger partial charge in [0.25, 0.3) is 0 Å². The molecule has 0 heterocycles. The molecule has 0 aliphatic carbocycles. The summed E-state index contributed by atoms with van der Waals surface area (Å²) in [5.41, 5.74) is 0. The Labute approximate surface area is 306 Å². The van der Waals surface area contributed by atoms with Gasteiger partial charge in [0.15, 0.2) is 0 Å². The average Bonchev–Trinajstić information content (AvgIpc) is 3.09. The van der Waals surface area contributed by atoms with E-state index in [0.29, 0.717) is 5.78 Å². The van der Waals surface area contributed by atoms with Gasteiger partial charge in [0.05, 0.1) is 0 Å². The van der Waals surface area contributed by atoms with Gasteiger partial charge in [-0.15, -0.1) is 0 Å². The first-order valence-corrected chi connectivity index (χ1v) is 23.3. The maximum atomic E-state index is 12.2. The zero-order chi connectivity index (χ0) is 34.7. The molecule has 0 aliphatic heterocycles. The summed E-state index contributed by atoms with van der Waals surface area (Å²) in [6, 6.07) is 0. The number of carbonyl (C=O) groups is 1. The summed E-state index contributed by atoms with van der Waals surface area (Å²) in [7, 11) is 0. The second kappa shape index (κ2) is 44.7. The predicted molar refractivity (Wildman–Crippen MR) is 220 cm³/mol. The van der Waals surface area contributed by atoms with Crippen LogP contribution in [0.25, 0.3) is 0 Å². The molecule has 0 rings (SSSR count). The van der Waals surface area contributed by atoms with E-state index in [1.54, 1.807) is 0 Å². The van der Waals surface area contributed by atoms with Crippen molar-refractivity contribution in [2.24, 2.45) is 0 Å². The second-order valence-corrected chi connectivity index (χ2v) is 16.2. The van der Waals surface area contributed by atoms with Crippen molar-refractivity contribution in [3.8, 4) is 0 Å². The summed E-state index contributed by atoms with van der Waals surface area (Å²) < 4.78 is 0. The van der Waals surface area contributed by atoms with Crippen LogP contribution in [0, 0.1) is 0 Å². The molecule has 0 amide bonds. The highest BCUT2D eigenvalue weighted by atomic mass is 16.1. The first kappa shape index (κ1) is 47.7. The largest absolute Gasteiger partial charge is 0.300 e. The Morgan fingerprint density at radius 2 is 0.333 bits per heavy atom. The van der Waals surface area contributed by atoms with Crippen molar-refractivity contribution in [1.29, 1.82) is 0 Å². The minimum Gasteiger partial charge on any atom is -0.300 e. The topological polar surface area (TPSA) is 17.1 Å². The normalized spacial score (nSPS) is 11.5. The van der Waals surface area contributed by atoms with Gasteiger partial charge in [-0.3, -0.25) is 4.79 Å². The van der Waals surface area contributed by atoms with Crippen LogP contribution in [-0.4, -0.2) is 5.78 Å². The van der Waals surface area contributed by atoms with Crippen molar-refractivity contribution >= 4 is 5.78 Å². The SMILES string of the molecule is CCCCCCCCCCCCCCCCCCCCCCCC(=O)CCCCCCCCCCCCCCCCCCCCCCC. The van der Waals surface area contributed by atoms with Crippen LogP contribution in [-0.2, 0) is 4.79 Å². The van der Waals surface area contributed by atoms with Crippen molar-refractivity contribution in [3.05, 3.63) is 0 Å². The lowest BCUT2D eigenvalue weighted by molar-refractivity contribution is -0.119. The van der Waals surface area contributed by atoms with Gasteiger partial charge in [-0.2, -0.15) is 0 Å². The fourth-order valence-corrected chi connectivity index (χ4v) is 7.63. The van der Waals surface area contributed by atoms with Gasteiger partial charge in [-0.1, -0.05) is 271 Å². The summed E-state index contributed by atoms with van der Waals surface area (Å²) in [5.74, 6) is 0.533. The van der Waals surface area contributed by atoms with Crippen molar-refractivity contribution in [3.63, 3.8) is 0 Å². The Hall–Kier alpha value is -0.330. The van der Waals surface area contributed by atoms with Crippen molar-refractivity contribution in [1.82, 2.24) is 0 Å². The number of Topliss-reactive ketones (excluding diaryl/α,β-unsaturated/α-hetero) is 1. The molecule has 0 N–H and O–H groups in total. The Bertz CT molecular complexity index is 519. The summed E-state index contributed by atoms with van der Waals surface area (Å²) >= 11 is 0. The fourth-order valence-electron chi connectivity index (χ4n) is 7.63. The van der Waals surface area contributed by atoms with E-state index in [2.05, 4.69) is 13.8 Å². The number of carbonyl (C=O) groups excluding carboxylic acids is 1. The first-order chi connectivity index (χ1) is 23.8. The lowest BCUT2D eigenvalue weighted by atomic mass is 10.0. The van der Waals surface area contributed by atoms with Gasteiger partial charge < -0.3 is 0 Å². The minimum absolute atomic E-state index is 0.533. The third-order valence-electron chi connectivity index (χ3n) is 11.1. The Balaban J connectivity index is 3.14. The van der Waals surface area contributed by atoms with E-state index >= 15 is 0 Å². The Morgan fingerprint density at radius 3 is 0.479 bits per heavy atom. The second-order valence-electron chi connectivity index (χ2n) is 16.2. The molecule has 288 valence electrons. The zero-order valence-corrected chi connectivity index (χ0v) is 34.0. The van der Waals surface area contributed by atoms with Crippen LogP contribution in [0.4, 0.5) is 0 Å². The number of rotatable bonds is 44. The van der Waals surface area contributed by atoms with E-state index in [1.165, 1.54) is 257 Å². The monoisotopic (exact) mass is 675 g/mol. The van der Waals surface area contributed by atoms with E-state index in [1.807, 2.05) is 0 Å². The molecule has 0 saturated heterocycles. The van der Waals surface area contributed by atoms with E-state index in [4.69, 9.17) is 0 Å². The zero-order valence-electron chi connectivity index (χ0n) is 34.0. The number of hydrogen-bond donors (Lipinski definition) is 0. The van der Waals surface area contributed by atoms with Crippen LogP contribution in [0.15, 0.2) is 0 Å². The Morgan fingerprint density at radius 1 is 0.208 bits per heavy atom. The molecule has 1 nitrogen and oxygen atoms in total. The minimum atomic E-state index is 0.533. The molecule has 0 bridgehead atoms. The molecule has 0 aromatic heterocycles. The molecular weight excluding hydrogens is 581 g/mol. The highest BCUT2D eigenvalue weighted by molar-refractivity contribution is 5.78. The van der Waals surface area contributed by atoms with Crippen LogP contribution in [0.2, 0.25) is 0 Å². The third kappa shape index (κ3) is 43.7. The van der Waals surface area contributed by atoms with Crippen LogP contribution >= 0.6 is 0 Å². The maximum absolute atomic E-state index is 12.2. The number of unbranched alkanes of at least 4 members (excludes halogenated alkanes) is 40. The molecular formula is C47H94O. The van der Waals surface area contributed by atoms with Gasteiger partial charge in [0.1, 0.15) is 5.78 Å². The van der Waals surface area contributed by atoms with Crippen LogP contribution < -0.4 is 0 Å². The van der Waals surface area contributed by atoms with Crippen molar-refractivity contribution < 1.29 is 4.79 Å². The van der Waals surface area contributed by atoms with E-state index in [0.717, 1.165) is 25.7 Å². The lowest BCUT2D eigenvalue weighted by Gasteiger charge is -2.05. The molecule has 0 saturated carbocycles. The first-order valence-electron chi connectivity index (χ1n) is 23.3. The van der Waals surface area contributed by atoms with Gasteiger partial charge >= 0.3 is 0 Å². The molecule has 48 heavy (non-hydrogen) atoms. The molecule has 0 unspecified atom stereocenters. The Kier molecular flexibility index (Phi) is 44.4. The van der Waals surface area contributed by atoms with Crippen molar-refractivity contribution in [2.45, 2.75) is 296 Å². The molecule has 0 aromatic carbocycles. The summed E-state index contributed by atoms with van der Waals surface area (Å²) in [6.45, 7) is 4.61. The van der Waals surface area contributed by atoms with Crippen LogP contribution in [0.3, 0.4) is 0 Å². The summed E-state index contributed by atoms with van der Waals surface area (Å²) in [5, 5.41) is 0. The maximum Gasteiger partial charge on any atom is 0.132 e.